The number of ether oxygens (including phenoxy) is 2. The summed E-state index contributed by atoms with van der Waals surface area (Å²) in [6.45, 7) is -0.474. The zero-order valence-corrected chi connectivity index (χ0v) is 19.0. The number of hydrogen-bond acceptors (Lipinski definition) is 6. The lowest BCUT2D eigenvalue weighted by atomic mass is 9.98. The first-order valence-corrected chi connectivity index (χ1v) is 10.9. The van der Waals surface area contributed by atoms with Crippen LogP contribution in [0.5, 0.6) is 5.75 Å². The van der Waals surface area contributed by atoms with Gasteiger partial charge in [-0.2, -0.15) is 5.10 Å². The number of esters is 1. The van der Waals surface area contributed by atoms with E-state index in [1.807, 2.05) is 54.6 Å². The normalized spacial score (nSPS) is 14.7. The molecule has 0 unspecified atom stereocenters. The molecular weight excluding hydrogens is 448 g/mol. The highest BCUT2D eigenvalue weighted by Gasteiger charge is 2.33. The molecule has 0 spiro atoms. The molecular formula is C26H24N4O5. The Bertz CT molecular complexity index is 1240. The number of anilines is 1. The van der Waals surface area contributed by atoms with E-state index in [1.165, 1.54) is 29.3 Å². The van der Waals surface area contributed by atoms with Crippen molar-refractivity contribution in [2.45, 2.75) is 12.5 Å². The van der Waals surface area contributed by atoms with Gasteiger partial charge in [0.2, 0.25) is 0 Å². The Balaban J connectivity index is 1.48. The summed E-state index contributed by atoms with van der Waals surface area (Å²) in [7, 11) is 1.59. The predicted octanol–water partition coefficient (Wildman–Crippen LogP) is 3.72. The molecule has 0 aliphatic carbocycles. The van der Waals surface area contributed by atoms with Crippen molar-refractivity contribution < 1.29 is 23.9 Å². The van der Waals surface area contributed by atoms with Crippen LogP contribution in [0.25, 0.3) is 0 Å². The van der Waals surface area contributed by atoms with Gasteiger partial charge in [-0.3, -0.25) is 4.79 Å². The van der Waals surface area contributed by atoms with E-state index in [1.54, 1.807) is 7.11 Å². The number of urea groups is 1. The van der Waals surface area contributed by atoms with Crippen molar-refractivity contribution in [3.63, 3.8) is 0 Å². The van der Waals surface area contributed by atoms with E-state index >= 15 is 0 Å². The number of rotatable bonds is 7. The third-order valence-corrected chi connectivity index (χ3v) is 5.49. The summed E-state index contributed by atoms with van der Waals surface area (Å²) in [5.74, 6) is -0.409. The molecule has 0 saturated carbocycles. The second kappa shape index (κ2) is 10.5. The summed E-state index contributed by atoms with van der Waals surface area (Å²) in [6, 6.07) is 22.0. The molecule has 35 heavy (non-hydrogen) atoms. The SMILES string of the molecule is COc1ccc([C@@H]2CC(c3ccccc3)=NN2C(=O)COC(=O)c2ccc(NC(N)=O)cc2)cc1. The Morgan fingerprint density at radius 1 is 1.00 bits per heavy atom. The van der Waals surface area contributed by atoms with Crippen LogP contribution in [0, 0.1) is 0 Å². The van der Waals surface area contributed by atoms with Gasteiger partial charge in [0, 0.05) is 12.1 Å². The van der Waals surface area contributed by atoms with Crippen LogP contribution in [0.15, 0.2) is 84.0 Å². The van der Waals surface area contributed by atoms with Gasteiger partial charge in [0.25, 0.3) is 5.91 Å². The number of benzene rings is 3. The summed E-state index contributed by atoms with van der Waals surface area (Å²) in [4.78, 5) is 36.5. The van der Waals surface area contributed by atoms with Gasteiger partial charge in [-0.15, -0.1) is 0 Å². The van der Waals surface area contributed by atoms with E-state index in [4.69, 9.17) is 15.2 Å². The first-order valence-electron chi connectivity index (χ1n) is 10.9. The lowest BCUT2D eigenvalue weighted by Gasteiger charge is -2.22. The highest BCUT2D eigenvalue weighted by Crippen LogP contribution is 2.33. The van der Waals surface area contributed by atoms with E-state index < -0.39 is 24.5 Å². The maximum absolute atomic E-state index is 13.1. The van der Waals surface area contributed by atoms with Crippen LogP contribution in [0.3, 0.4) is 0 Å². The number of carbonyl (C=O) groups excluding carboxylic acids is 3. The van der Waals surface area contributed by atoms with Crippen LogP contribution < -0.4 is 15.8 Å². The number of hydrazone groups is 1. The van der Waals surface area contributed by atoms with Crippen molar-refractivity contribution >= 4 is 29.3 Å². The first kappa shape index (κ1) is 23.5. The average molecular weight is 473 g/mol. The quantitative estimate of drug-likeness (QED) is 0.507. The van der Waals surface area contributed by atoms with E-state index in [2.05, 4.69) is 10.4 Å². The minimum atomic E-state index is -0.710. The number of hydrogen-bond donors (Lipinski definition) is 2. The molecule has 0 aromatic heterocycles. The number of amides is 3. The van der Waals surface area contributed by atoms with Gasteiger partial charge >= 0.3 is 12.0 Å². The van der Waals surface area contributed by atoms with Crippen LogP contribution in [-0.2, 0) is 9.53 Å². The van der Waals surface area contributed by atoms with E-state index in [0.717, 1.165) is 16.8 Å². The summed E-state index contributed by atoms with van der Waals surface area (Å²) < 4.78 is 10.5. The molecule has 3 N–H and O–H groups in total. The molecule has 3 aromatic carbocycles. The zero-order chi connectivity index (χ0) is 24.8. The number of methoxy groups -OCH3 is 1. The van der Waals surface area contributed by atoms with Crippen molar-refractivity contribution in [1.29, 1.82) is 0 Å². The van der Waals surface area contributed by atoms with E-state index in [0.29, 0.717) is 17.9 Å². The second-order valence-electron chi connectivity index (χ2n) is 7.79. The molecule has 3 amide bonds. The molecule has 9 heteroatoms. The maximum atomic E-state index is 13.1. The predicted molar refractivity (Wildman–Crippen MR) is 130 cm³/mol. The third-order valence-electron chi connectivity index (χ3n) is 5.49. The molecule has 3 aromatic rings. The van der Waals surface area contributed by atoms with Crippen LogP contribution in [-0.4, -0.2) is 42.3 Å². The Kier molecular flexibility index (Phi) is 7.06. The number of nitrogens with two attached hydrogens (primary N) is 1. The molecule has 1 aliphatic rings. The fraction of sp³-hybridized carbons (Fsp3) is 0.154. The molecule has 9 nitrogen and oxygen atoms in total. The van der Waals surface area contributed by atoms with Crippen LogP contribution in [0.1, 0.15) is 33.9 Å². The van der Waals surface area contributed by atoms with Gasteiger partial charge in [-0.05, 0) is 47.5 Å². The molecule has 1 heterocycles. The molecule has 0 radical (unpaired) electrons. The summed E-state index contributed by atoms with van der Waals surface area (Å²) in [6.07, 6.45) is 0.518. The fourth-order valence-corrected chi connectivity index (χ4v) is 3.74. The Hall–Kier alpha value is -4.66. The maximum Gasteiger partial charge on any atom is 0.338 e. The topological polar surface area (TPSA) is 123 Å². The Morgan fingerprint density at radius 3 is 2.31 bits per heavy atom. The van der Waals surface area contributed by atoms with Crippen molar-refractivity contribution in [1.82, 2.24) is 5.01 Å². The molecule has 0 fully saturated rings. The van der Waals surface area contributed by atoms with Crippen molar-refractivity contribution in [2.75, 3.05) is 19.0 Å². The lowest BCUT2D eigenvalue weighted by molar-refractivity contribution is -0.136. The Morgan fingerprint density at radius 2 is 1.69 bits per heavy atom. The minimum absolute atomic E-state index is 0.231. The average Bonchev–Trinajstić information content (AvgIpc) is 3.33. The number of nitrogens with one attached hydrogen (secondary N) is 1. The van der Waals surface area contributed by atoms with Gasteiger partial charge < -0.3 is 20.5 Å². The van der Waals surface area contributed by atoms with E-state index in [-0.39, 0.29) is 11.6 Å². The lowest BCUT2D eigenvalue weighted by Crippen LogP contribution is -2.31. The summed E-state index contributed by atoms with van der Waals surface area (Å²) in [5.41, 5.74) is 8.32. The monoisotopic (exact) mass is 472 g/mol. The molecule has 1 atom stereocenters. The van der Waals surface area contributed by atoms with Crippen LogP contribution in [0.4, 0.5) is 10.5 Å². The smallest absolute Gasteiger partial charge is 0.338 e. The van der Waals surface area contributed by atoms with Crippen molar-refractivity contribution in [2.24, 2.45) is 10.8 Å². The summed E-state index contributed by atoms with van der Waals surface area (Å²) >= 11 is 0. The van der Waals surface area contributed by atoms with Crippen LogP contribution in [0.2, 0.25) is 0 Å². The zero-order valence-electron chi connectivity index (χ0n) is 19.0. The largest absolute Gasteiger partial charge is 0.497 e. The standard InChI is InChI=1S/C26H24N4O5/c1-34-21-13-9-18(10-14-21)23-15-22(17-5-3-2-4-6-17)29-30(23)24(31)16-35-25(32)19-7-11-20(12-8-19)28-26(27)33/h2-14,23H,15-16H2,1H3,(H3,27,28,33)/t23-/m0/s1. The number of primary amides is 1. The van der Waals surface area contributed by atoms with Gasteiger partial charge in [0.15, 0.2) is 6.61 Å². The number of carbonyl (C=O) groups is 3. The Labute approximate surface area is 202 Å². The first-order chi connectivity index (χ1) is 16.9. The van der Waals surface area contributed by atoms with Crippen LogP contribution >= 0.6 is 0 Å². The highest BCUT2D eigenvalue weighted by atomic mass is 16.5. The van der Waals surface area contributed by atoms with E-state index in [9.17, 15) is 14.4 Å². The second-order valence-corrected chi connectivity index (χ2v) is 7.79. The highest BCUT2D eigenvalue weighted by molar-refractivity contribution is 6.03. The molecule has 4 rings (SSSR count). The molecule has 1 aliphatic heterocycles. The van der Waals surface area contributed by atoms with Gasteiger partial charge in [0.1, 0.15) is 5.75 Å². The molecule has 178 valence electrons. The molecule has 0 saturated heterocycles. The van der Waals surface area contributed by atoms with Crippen molar-refractivity contribution in [3.8, 4) is 5.75 Å². The summed E-state index contributed by atoms with van der Waals surface area (Å²) in [5, 5.41) is 8.35. The van der Waals surface area contributed by atoms with Gasteiger partial charge in [0.05, 0.1) is 24.4 Å². The third kappa shape index (κ3) is 5.64. The minimum Gasteiger partial charge on any atom is -0.497 e. The van der Waals surface area contributed by atoms with Gasteiger partial charge in [-0.25, -0.2) is 14.6 Å². The fourth-order valence-electron chi connectivity index (χ4n) is 3.74. The molecule has 0 bridgehead atoms. The number of nitrogens with zero attached hydrogens (tertiary/aromatic N) is 2. The van der Waals surface area contributed by atoms with Gasteiger partial charge in [-0.1, -0.05) is 42.5 Å². The van der Waals surface area contributed by atoms with Crippen molar-refractivity contribution in [3.05, 3.63) is 95.6 Å².